The normalized spacial score (nSPS) is 14.6. The predicted molar refractivity (Wildman–Crippen MR) is 187 cm³/mol. The fraction of sp³-hybridized carbons (Fsp3) is 0.219. The molecule has 0 bridgehead atoms. The lowest BCUT2D eigenvalue weighted by atomic mass is 10.0. The Labute approximate surface area is 295 Å². The van der Waals surface area contributed by atoms with Crippen molar-refractivity contribution in [3.63, 3.8) is 0 Å². The summed E-state index contributed by atoms with van der Waals surface area (Å²) in [6.07, 6.45) is 0. The number of imide groups is 1. The van der Waals surface area contributed by atoms with E-state index in [1.54, 1.807) is 31.1 Å². The Kier molecular flexibility index (Phi) is 9.79. The molecule has 0 spiro atoms. The van der Waals surface area contributed by atoms with Crippen molar-refractivity contribution >= 4 is 79.6 Å². The highest BCUT2D eigenvalue weighted by Gasteiger charge is 2.31. The highest BCUT2D eigenvalue weighted by atomic mass is 127. The van der Waals surface area contributed by atoms with Crippen LogP contribution in [0, 0.1) is 6.92 Å². The van der Waals surface area contributed by atoms with Gasteiger partial charge in [-0.3, -0.25) is 29.8 Å². The number of anilines is 4. The number of ether oxygens (including phenoxy) is 1. The molecular formula is C32H29ClIN7O8. The number of methoxy groups -OCH3 is 1. The van der Waals surface area contributed by atoms with Gasteiger partial charge in [0.25, 0.3) is 33.3 Å². The van der Waals surface area contributed by atoms with Crippen LogP contribution in [0.3, 0.4) is 0 Å². The van der Waals surface area contributed by atoms with Gasteiger partial charge < -0.3 is 24.4 Å². The number of nitrogens with zero attached hydrogens (tertiary/aromatic N) is 5. The molecule has 3 aromatic carbocycles. The molecule has 254 valence electrons. The zero-order valence-corrected chi connectivity index (χ0v) is 29.0. The van der Waals surface area contributed by atoms with Crippen LogP contribution in [0.1, 0.15) is 26.5 Å². The zero-order valence-electron chi connectivity index (χ0n) is 26.1. The minimum atomic E-state index is -2.07. The fourth-order valence-electron chi connectivity index (χ4n) is 5.68. The average Bonchev–Trinajstić information content (AvgIpc) is 3.68. The molecule has 2 aliphatic heterocycles. The number of carbonyl (C=O) groups is 4. The van der Waals surface area contributed by atoms with Crippen molar-refractivity contribution in [3.05, 3.63) is 82.6 Å². The molecule has 0 aliphatic carbocycles. The van der Waals surface area contributed by atoms with Crippen molar-refractivity contribution in [2.75, 3.05) is 58.2 Å². The summed E-state index contributed by atoms with van der Waals surface area (Å²) < 4.78 is 23.2. The van der Waals surface area contributed by atoms with Crippen LogP contribution in [-0.4, -0.2) is 78.9 Å². The van der Waals surface area contributed by atoms with Crippen molar-refractivity contribution in [2.45, 2.75) is 6.92 Å². The summed E-state index contributed by atoms with van der Waals surface area (Å²) in [4.78, 5) is 55.5. The van der Waals surface area contributed by atoms with Gasteiger partial charge in [-0.1, -0.05) is 28.9 Å². The summed E-state index contributed by atoms with van der Waals surface area (Å²) in [5, 5.41) is 19.7. The Morgan fingerprint density at radius 3 is 2.45 bits per heavy atom. The van der Waals surface area contributed by atoms with Gasteiger partial charge in [0.2, 0.25) is 5.91 Å². The first-order chi connectivity index (χ1) is 23.6. The first-order valence-electron chi connectivity index (χ1n) is 14.9. The summed E-state index contributed by atoms with van der Waals surface area (Å²) in [6.45, 7) is 3.00. The number of aryl methyl sites for hydroxylation is 1. The van der Waals surface area contributed by atoms with Crippen LogP contribution in [0.2, 0.25) is 5.02 Å². The topological polar surface area (TPSA) is 178 Å². The van der Waals surface area contributed by atoms with Crippen LogP contribution in [0.25, 0.3) is 11.3 Å². The minimum Gasteiger partial charge on any atom is -0.496 e. The molecule has 0 atom stereocenters. The van der Waals surface area contributed by atoms with Crippen molar-refractivity contribution in [1.29, 1.82) is 0 Å². The predicted octanol–water partition coefficient (Wildman–Crippen LogP) is 5.01. The lowest BCUT2D eigenvalue weighted by Gasteiger charge is -2.37. The van der Waals surface area contributed by atoms with Crippen molar-refractivity contribution in [1.82, 2.24) is 15.4 Å². The number of hydrogen-bond donors (Lipinski definition) is 3. The Bertz CT molecular complexity index is 1960. The molecule has 3 heterocycles. The third-order valence-corrected chi connectivity index (χ3v) is 9.35. The summed E-state index contributed by atoms with van der Waals surface area (Å²) >= 11 is 4.59. The maximum absolute atomic E-state index is 13.8. The monoisotopic (exact) mass is 801 g/mol. The third kappa shape index (κ3) is 6.79. The Balaban J connectivity index is 1.19. The first-order valence-corrected chi connectivity index (χ1v) is 17.1. The molecule has 2 saturated heterocycles. The Hall–Kier alpha value is -5.07. The molecule has 2 aliphatic rings. The fourth-order valence-corrected chi connectivity index (χ4v) is 6.57. The molecule has 0 unspecified atom stereocenters. The number of rotatable bonds is 9. The number of halogens is 2. The lowest BCUT2D eigenvalue weighted by Crippen LogP contribution is -2.49. The number of benzene rings is 3. The van der Waals surface area contributed by atoms with Crippen LogP contribution < -0.4 is 28.4 Å². The van der Waals surface area contributed by atoms with Gasteiger partial charge in [0.05, 0.1) is 23.5 Å². The number of piperazine rings is 1. The number of aromatic nitrogens is 1. The highest BCUT2D eigenvalue weighted by molar-refractivity contribution is 14.1. The zero-order chi connectivity index (χ0) is 34.8. The molecular weight excluding hydrogens is 773 g/mol. The number of para-hydroxylation sites is 1. The summed E-state index contributed by atoms with van der Waals surface area (Å²) in [5.74, 6) is -0.280. The second-order valence-electron chi connectivity index (χ2n) is 11.0. The number of carbonyl (C=O) groups excluding carboxylic acids is 4. The van der Waals surface area contributed by atoms with Crippen LogP contribution in [0.4, 0.5) is 27.5 Å². The van der Waals surface area contributed by atoms with Gasteiger partial charge in [0.1, 0.15) is 35.0 Å². The van der Waals surface area contributed by atoms with Crippen molar-refractivity contribution in [2.24, 2.45) is 0 Å². The molecule has 15 nitrogen and oxygen atoms in total. The molecule has 5 amide bonds. The van der Waals surface area contributed by atoms with E-state index in [0.29, 0.717) is 69.2 Å². The molecule has 4 aromatic rings. The minimum absolute atomic E-state index is 0.0365. The molecule has 17 heteroatoms. The largest absolute Gasteiger partial charge is 0.496 e. The molecule has 1 aromatic heterocycles. The second kappa shape index (κ2) is 14.2. The average molecular weight is 802 g/mol. The van der Waals surface area contributed by atoms with Gasteiger partial charge in [0.15, 0.2) is 0 Å². The van der Waals surface area contributed by atoms with Crippen LogP contribution in [0.15, 0.2) is 65.2 Å². The smallest absolute Gasteiger partial charge is 0.329 e. The maximum atomic E-state index is 13.8. The van der Waals surface area contributed by atoms with E-state index in [0.717, 1.165) is 0 Å². The Morgan fingerprint density at radius 2 is 1.80 bits per heavy atom. The third-order valence-electron chi connectivity index (χ3n) is 8.16. The van der Waals surface area contributed by atoms with Crippen molar-refractivity contribution < 1.29 is 36.7 Å². The van der Waals surface area contributed by atoms with E-state index in [-0.39, 0.29) is 34.4 Å². The van der Waals surface area contributed by atoms with E-state index in [1.165, 1.54) is 35.2 Å². The van der Waals surface area contributed by atoms with E-state index in [4.69, 9.17) is 20.9 Å². The van der Waals surface area contributed by atoms with E-state index in [2.05, 4.69) is 15.8 Å². The molecule has 6 rings (SSSR count). The number of hydrogen-bond acceptors (Lipinski definition) is 10. The van der Waals surface area contributed by atoms with Crippen LogP contribution >= 0.6 is 33.1 Å². The first kappa shape index (κ1) is 33.8. The maximum Gasteiger partial charge on any atom is 0.329 e. The SMILES string of the molecule is COc1ccccc1-c1noc(C)c1C(=O)N1CCN(c2cc(NC(=O)c3ccc(N4CC(=O)NC4=O)cc3)c(N(O)I=O)cc2Cl)CC1. The van der Waals surface area contributed by atoms with Gasteiger partial charge in [-0.05, 0) is 55.5 Å². The number of nitrogens with one attached hydrogen (secondary N) is 2. The molecule has 0 radical (unpaired) electrons. The molecule has 49 heavy (non-hydrogen) atoms. The van der Waals surface area contributed by atoms with Crippen molar-refractivity contribution in [3.8, 4) is 17.0 Å². The molecule has 2 fully saturated rings. The number of urea groups is 1. The summed E-state index contributed by atoms with van der Waals surface area (Å²) in [6, 6.07) is 15.7. The molecule has 0 saturated carbocycles. The van der Waals surface area contributed by atoms with E-state index < -0.39 is 39.3 Å². The van der Waals surface area contributed by atoms with Crippen LogP contribution in [-0.2, 0) is 7.86 Å². The second-order valence-corrected chi connectivity index (χ2v) is 12.7. The molecule has 3 N–H and O–H groups in total. The van der Waals surface area contributed by atoms with E-state index in [9.17, 15) is 27.5 Å². The van der Waals surface area contributed by atoms with Gasteiger partial charge in [0, 0.05) is 43.0 Å². The van der Waals surface area contributed by atoms with Gasteiger partial charge in [-0.25, -0.2) is 7.86 Å². The quantitative estimate of drug-likeness (QED) is 0.0898. The number of amides is 5. The summed E-state index contributed by atoms with van der Waals surface area (Å²) in [5.41, 5.74) is 2.74. The van der Waals surface area contributed by atoms with Gasteiger partial charge >= 0.3 is 6.03 Å². The van der Waals surface area contributed by atoms with Gasteiger partial charge in [-0.2, -0.15) is 3.28 Å². The van der Waals surface area contributed by atoms with E-state index >= 15 is 0 Å². The summed E-state index contributed by atoms with van der Waals surface area (Å²) in [7, 11) is 1.54. The van der Waals surface area contributed by atoms with E-state index in [1.807, 2.05) is 23.1 Å². The lowest BCUT2D eigenvalue weighted by molar-refractivity contribution is -0.117. The highest BCUT2D eigenvalue weighted by Crippen LogP contribution is 2.40. The van der Waals surface area contributed by atoms with Crippen LogP contribution in [0.5, 0.6) is 5.75 Å². The Morgan fingerprint density at radius 1 is 1.08 bits per heavy atom. The van der Waals surface area contributed by atoms with Gasteiger partial charge in [-0.15, -0.1) is 0 Å². The standard InChI is InChI=1S/C32H29ClIN7O8/c1-18-28(29(37-49-18)21-5-3-4-6-26(21)48-2)31(44)39-13-11-38(12-14-39)24-16-23(25(15-22(24)33)41(47)34-46)35-30(43)19-7-9-20(10-8-19)40-17-27(42)36-32(40)45/h3-10,15-16,47H,11-14,17H2,1-2H3,(H,35,43)(H,36,42,45).